The molecule has 2 aromatic carbocycles. The molecule has 2 aromatic rings. The standard InChI is InChI=1S/C33H36F5NO3/c1-29(35,33(36,37)38)23-6-9-25-22(19-23)5-10-26-32(25,20-21-3-7-24(34)8-4-21)11-2-18-39(26)27(40)30-12-15-31(16-13-30,17-14-30)28(41)42/h3-4,6-9,19,26H,2,5,10-18,20H2,1H3,(H,41,42). The van der Waals surface area contributed by atoms with Crippen molar-refractivity contribution < 1.29 is 36.6 Å². The number of halogens is 5. The van der Waals surface area contributed by atoms with Crippen LogP contribution in [0.2, 0.25) is 0 Å². The Labute approximate surface area is 242 Å². The summed E-state index contributed by atoms with van der Waals surface area (Å²) in [6.45, 7) is 1.10. The van der Waals surface area contributed by atoms with Crippen molar-refractivity contribution in [1.82, 2.24) is 4.90 Å². The van der Waals surface area contributed by atoms with Gasteiger partial charge in [0.15, 0.2) is 0 Å². The van der Waals surface area contributed by atoms with Gasteiger partial charge in [0.1, 0.15) is 5.82 Å². The summed E-state index contributed by atoms with van der Waals surface area (Å²) in [6, 6.07) is 10.2. The third-order valence-corrected chi connectivity index (χ3v) is 11.3. The fraction of sp³-hybridized carbons (Fsp3) is 0.576. The molecule has 0 aromatic heterocycles. The van der Waals surface area contributed by atoms with Gasteiger partial charge in [-0.25, -0.2) is 8.78 Å². The molecular formula is C33H36F5NO3. The molecule has 3 saturated carbocycles. The minimum absolute atomic E-state index is 0.0582. The summed E-state index contributed by atoms with van der Waals surface area (Å²) < 4.78 is 69.6. The Morgan fingerprint density at radius 1 is 0.929 bits per heavy atom. The van der Waals surface area contributed by atoms with E-state index in [9.17, 15) is 36.6 Å². The van der Waals surface area contributed by atoms with Gasteiger partial charge in [-0.2, -0.15) is 13.2 Å². The van der Waals surface area contributed by atoms with Crippen LogP contribution in [0.1, 0.15) is 87.0 Å². The van der Waals surface area contributed by atoms with E-state index in [1.165, 1.54) is 24.3 Å². The maximum Gasteiger partial charge on any atom is 0.426 e. The number of carbonyl (C=O) groups is 2. The van der Waals surface area contributed by atoms with E-state index in [1.54, 1.807) is 18.2 Å². The van der Waals surface area contributed by atoms with Gasteiger partial charge in [-0.15, -0.1) is 0 Å². The van der Waals surface area contributed by atoms with Crippen LogP contribution in [0.4, 0.5) is 22.0 Å². The Morgan fingerprint density at radius 3 is 2.14 bits per heavy atom. The molecule has 2 bridgehead atoms. The third kappa shape index (κ3) is 4.36. The summed E-state index contributed by atoms with van der Waals surface area (Å²) in [6.07, 6.45) is 0.789. The lowest BCUT2D eigenvalue weighted by Crippen LogP contribution is -2.63. The van der Waals surface area contributed by atoms with Gasteiger partial charge in [0.05, 0.1) is 5.41 Å². The van der Waals surface area contributed by atoms with E-state index in [1.807, 2.05) is 4.90 Å². The SMILES string of the molecule is CC(F)(c1ccc2c(c1)CCC1N(C(=O)C34CCC(C(=O)O)(CC3)CC4)CCCC21Cc1ccc(F)cc1)C(F)(F)F. The number of alkyl halides is 4. The number of benzene rings is 2. The topological polar surface area (TPSA) is 57.6 Å². The van der Waals surface area contributed by atoms with Crippen molar-refractivity contribution in [2.24, 2.45) is 10.8 Å². The molecule has 1 saturated heterocycles. The van der Waals surface area contributed by atoms with Crippen LogP contribution in [0.3, 0.4) is 0 Å². The molecule has 42 heavy (non-hydrogen) atoms. The lowest BCUT2D eigenvalue weighted by Gasteiger charge is -2.58. The summed E-state index contributed by atoms with van der Waals surface area (Å²) in [5.74, 6) is -1.09. The quantitative estimate of drug-likeness (QED) is 0.370. The average Bonchev–Trinajstić information content (AvgIpc) is 2.97. The summed E-state index contributed by atoms with van der Waals surface area (Å²) in [5, 5.41) is 9.83. The highest BCUT2D eigenvalue weighted by Crippen LogP contribution is 2.59. The second-order valence-corrected chi connectivity index (χ2v) is 13.4. The van der Waals surface area contributed by atoms with Crippen LogP contribution in [-0.4, -0.2) is 40.6 Å². The number of amides is 1. The molecule has 4 aliphatic carbocycles. The predicted octanol–water partition coefficient (Wildman–Crippen LogP) is 7.42. The van der Waals surface area contributed by atoms with Crippen molar-refractivity contribution in [3.8, 4) is 0 Å². The molecule has 0 radical (unpaired) electrons. The summed E-state index contributed by atoms with van der Waals surface area (Å²) in [7, 11) is 0. The molecule has 1 aliphatic heterocycles. The molecule has 4 fully saturated rings. The van der Waals surface area contributed by atoms with Crippen molar-refractivity contribution in [3.63, 3.8) is 0 Å². The maximum atomic E-state index is 15.0. The lowest BCUT2D eigenvalue weighted by molar-refractivity contribution is -0.228. The highest BCUT2D eigenvalue weighted by atomic mass is 19.4. The van der Waals surface area contributed by atoms with Crippen molar-refractivity contribution in [2.45, 2.75) is 101 Å². The normalized spacial score (nSPS) is 32.0. The average molecular weight is 590 g/mol. The molecule has 1 N–H and O–H groups in total. The summed E-state index contributed by atoms with van der Waals surface area (Å²) in [4.78, 5) is 28.4. The van der Waals surface area contributed by atoms with Crippen LogP contribution in [0.5, 0.6) is 0 Å². The van der Waals surface area contributed by atoms with Gasteiger partial charge >= 0.3 is 12.1 Å². The van der Waals surface area contributed by atoms with Crippen LogP contribution in [0.25, 0.3) is 0 Å². The highest BCUT2D eigenvalue weighted by molar-refractivity contribution is 5.85. The zero-order valence-electron chi connectivity index (χ0n) is 23.7. The number of aryl methyl sites for hydroxylation is 1. The van der Waals surface area contributed by atoms with Gasteiger partial charge in [-0.1, -0.05) is 30.3 Å². The molecule has 9 heteroatoms. The Kier molecular flexibility index (Phi) is 6.78. The number of carbonyl (C=O) groups excluding carboxylic acids is 1. The number of likely N-dealkylation sites (tertiary alicyclic amines) is 1. The monoisotopic (exact) mass is 589 g/mol. The van der Waals surface area contributed by atoms with E-state index in [4.69, 9.17) is 0 Å². The number of hydrogen-bond donors (Lipinski definition) is 1. The van der Waals surface area contributed by atoms with Crippen LogP contribution in [0, 0.1) is 16.6 Å². The number of carboxylic acid groups (broad SMARTS) is 1. The molecule has 0 spiro atoms. The molecule has 226 valence electrons. The van der Waals surface area contributed by atoms with E-state index >= 15 is 0 Å². The number of nitrogens with zero attached hydrogens (tertiary/aromatic N) is 1. The minimum Gasteiger partial charge on any atom is -0.481 e. The zero-order valence-corrected chi connectivity index (χ0v) is 23.7. The predicted molar refractivity (Wildman–Crippen MR) is 146 cm³/mol. The number of carboxylic acids is 1. The smallest absolute Gasteiger partial charge is 0.426 e. The van der Waals surface area contributed by atoms with Gasteiger partial charge in [-0.3, -0.25) is 9.59 Å². The molecule has 7 rings (SSSR count). The fourth-order valence-corrected chi connectivity index (χ4v) is 8.61. The van der Waals surface area contributed by atoms with E-state index < -0.39 is 39.6 Å². The molecule has 3 atom stereocenters. The van der Waals surface area contributed by atoms with Crippen molar-refractivity contribution >= 4 is 11.9 Å². The Morgan fingerprint density at radius 2 is 1.55 bits per heavy atom. The molecule has 1 heterocycles. The highest BCUT2D eigenvalue weighted by Gasteiger charge is 2.59. The third-order valence-electron chi connectivity index (χ3n) is 11.3. The van der Waals surface area contributed by atoms with Crippen LogP contribution < -0.4 is 0 Å². The van der Waals surface area contributed by atoms with E-state index in [0.29, 0.717) is 89.7 Å². The van der Waals surface area contributed by atoms with E-state index in [2.05, 4.69) is 0 Å². The van der Waals surface area contributed by atoms with E-state index in [0.717, 1.165) is 11.1 Å². The Hall–Kier alpha value is -2.97. The molecule has 3 unspecified atom stereocenters. The first-order valence-corrected chi connectivity index (χ1v) is 14.9. The Balaban J connectivity index is 1.39. The molecule has 4 nitrogen and oxygen atoms in total. The Bertz CT molecular complexity index is 1380. The maximum absolute atomic E-state index is 15.0. The largest absolute Gasteiger partial charge is 0.481 e. The number of piperidine rings is 1. The van der Waals surface area contributed by atoms with Crippen molar-refractivity contribution in [2.75, 3.05) is 6.54 Å². The van der Waals surface area contributed by atoms with Gasteiger partial charge in [0, 0.05) is 23.4 Å². The summed E-state index contributed by atoms with van der Waals surface area (Å²) >= 11 is 0. The summed E-state index contributed by atoms with van der Waals surface area (Å²) in [5.41, 5.74) is -3.54. The van der Waals surface area contributed by atoms with Crippen molar-refractivity contribution in [1.29, 1.82) is 0 Å². The van der Waals surface area contributed by atoms with E-state index in [-0.39, 0.29) is 17.8 Å². The second-order valence-electron chi connectivity index (χ2n) is 13.4. The molecule has 5 aliphatic rings. The van der Waals surface area contributed by atoms with Crippen LogP contribution in [-0.2, 0) is 33.5 Å². The van der Waals surface area contributed by atoms with Gasteiger partial charge in [0.25, 0.3) is 0 Å². The van der Waals surface area contributed by atoms with Crippen LogP contribution in [0.15, 0.2) is 42.5 Å². The van der Waals surface area contributed by atoms with Gasteiger partial charge in [0.2, 0.25) is 11.6 Å². The minimum atomic E-state index is -5.06. The molecule has 1 amide bonds. The molecular weight excluding hydrogens is 553 g/mol. The number of hydrogen-bond acceptors (Lipinski definition) is 2. The first kappa shape index (κ1) is 29.1. The fourth-order valence-electron chi connectivity index (χ4n) is 8.61. The first-order valence-electron chi connectivity index (χ1n) is 14.9. The van der Waals surface area contributed by atoms with Crippen LogP contribution >= 0.6 is 0 Å². The number of fused-ring (bicyclic) bond motifs is 6. The van der Waals surface area contributed by atoms with Gasteiger partial charge in [-0.05, 0) is 112 Å². The second kappa shape index (κ2) is 9.78. The van der Waals surface area contributed by atoms with Gasteiger partial charge < -0.3 is 10.0 Å². The van der Waals surface area contributed by atoms with Crippen molar-refractivity contribution in [3.05, 3.63) is 70.5 Å². The first-order chi connectivity index (χ1) is 19.7. The zero-order chi connectivity index (χ0) is 30.1. The lowest BCUT2D eigenvalue weighted by atomic mass is 9.52. The number of rotatable bonds is 5. The number of aliphatic carboxylic acids is 1.